The number of rotatable bonds is 39. The number of carbonyl (C=O) groups excluding carboxylic acids is 2. The average molecular weight is 845 g/mol. The second kappa shape index (κ2) is 36.1. The zero-order chi connectivity index (χ0) is 43.7. The molecule has 0 radical (unpaired) electrons. The summed E-state index contributed by atoms with van der Waals surface area (Å²) in [6.45, 7) is 6.93. The lowest BCUT2D eigenvalue weighted by Gasteiger charge is -2.42. The van der Waals surface area contributed by atoms with Crippen LogP contribution in [0.2, 0.25) is 0 Å². The van der Waals surface area contributed by atoms with Crippen LogP contribution in [-0.4, -0.2) is 111 Å². The van der Waals surface area contributed by atoms with Crippen LogP contribution >= 0.6 is 0 Å². The first-order valence-electron chi connectivity index (χ1n) is 24.3. The number of aliphatic hydroxyl groups is 6. The molecular weight excluding hydrogens is 753 g/mol. The van der Waals surface area contributed by atoms with Gasteiger partial charge in [0.1, 0.15) is 36.6 Å². The Morgan fingerprint density at radius 2 is 1.05 bits per heavy atom. The highest BCUT2D eigenvalue weighted by Crippen LogP contribution is 2.24. The SMILES string of the molecule is CCCCCCCCCCCCCCCCCCCCC[C@@H](O)C(=O)N[C@@H](CO[C@@H]1O[C@H](CO)[C@H](O)[C@@H](O)[C@H]1NC(C)=O)[C@H](O)[C@H](O)CCCCCCCCCC(C)C. The van der Waals surface area contributed by atoms with Gasteiger partial charge in [0.25, 0.3) is 0 Å². The van der Waals surface area contributed by atoms with Gasteiger partial charge in [0, 0.05) is 6.92 Å². The minimum absolute atomic E-state index is 0.257. The molecule has 12 heteroatoms. The maximum atomic E-state index is 13.2. The van der Waals surface area contributed by atoms with Gasteiger partial charge in [0.2, 0.25) is 11.8 Å². The molecule has 0 spiro atoms. The summed E-state index contributed by atoms with van der Waals surface area (Å²) in [6, 6.07) is -2.38. The maximum Gasteiger partial charge on any atom is 0.249 e. The predicted molar refractivity (Wildman–Crippen MR) is 236 cm³/mol. The van der Waals surface area contributed by atoms with E-state index in [1.54, 1.807) is 0 Å². The number of hydrogen-bond donors (Lipinski definition) is 8. The van der Waals surface area contributed by atoms with Gasteiger partial charge in [-0.1, -0.05) is 194 Å². The van der Waals surface area contributed by atoms with E-state index in [9.17, 15) is 40.2 Å². The number of ether oxygens (including phenoxy) is 2. The van der Waals surface area contributed by atoms with E-state index in [-0.39, 0.29) is 6.42 Å². The van der Waals surface area contributed by atoms with E-state index >= 15 is 0 Å². The highest BCUT2D eigenvalue weighted by atomic mass is 16.7. The second-order valence-corrected chi connectivity index (χ2v) is 18.1. The van der Waals surface area contributed by atoms with Crippen molar-refractivity contribution >= 4 is 11.8 Å². The lowest BCUT2D eigenvalue weighted by atomic mass is 9.96. The Bertz CT molecular complexity index is 1010. The van der Waals surface area contributed by atoms with Gasteiger partial charge in [-0.3, -0.25) is 9.59 Å². The molecule has 0 aromatic heterocycles. The van der Waals surface area contributed by atoms with Crippen LogP contribution < -0.4 is 10.6 Å². The van der Waals surface area contributed by atoms with E-state index in [4.69, 9.17) is 9.47 Å². The minimum atomic E-state index is -1.53. The van der Waals surface area contributed by atoms with E-state index in [0.717, 1.165) is 44.4 Å². The van der Waals surface area contributed by atoms with Crippen molar-refractivity contribution < 1.29 is 49.7 Å². The van der Waals surface area contributed by atoms with Gasteiger partial charge in [-0.25, -0.2) is 0 Å². The van der Waals surface area contributed by atoms with Crippen molar-refractivity contribution in [1.82, 2.24) is 10.6 Å². The van der Waals surface area contributed by atoms with Gasteiger partial charge >= 0.3 is 0 Å². The Labute approximate surface area is 359 Å². The molecule has 1 fully saturated rings. The summed E-state index contributed by atoms with van der Waals surface area (Å²) in [5.74, 6) is -0.495. The number of aliphatic hydroxyl groups excluding tert-OH is 6. The zero-order valence-electron chi connectivity index (χ0n) is 38.0. The molecule has 1 saturated heterocycles. The quantitative estimate of drug-likeness (QED) is 0.0287. The standard InChI is InChI=1S/C47H92N2O10/c1-5-6-7-8-9-10-11-12-13-14-15-16-17-18-19-20-23-27-30-33-40(53)46(57)49-38(43(54)39(52)32-29-26-24-21-22-25-28-31-36(2)3)35-58-47-42(48-37(4)51)45(56)44(55)41(34-50)59-47/h36,38-45,47,50,52-56H,5-35H2,1-4H3,(H,48,51)(H,49,57)/t38-,39+,40+,41+,42+,43-,44-,45-,47+/m0/s1. The van der Waals surface area contributed by atoms with Gasteiger partial charge in [0.05, 0.1) is 25.4 Å². The van der Waals surface area contributed by atoms with Crippen molar-refractivity contribution in [2.24, 2.45) is 5.92 Å². The molecule has 12 nitrogen and oxygen atoms in total. The first-order chi connectivity index (χ1) is 28.4. The van der Waals surface area contributed by atoms with Gasteiger partial charge in [-0.2, -0.15) is 0 Å². The molecule has 2 amide bonds. The second-order valence-electron chi connectivity index (χ2n) is 18.1. The van der Waals surface area contributed by atoms with Crippen LogP contribution in [-0.2, 0) is 19.1 Å². The molecule has 350 valence electrons. The number of unbranched alkanes of at least 4 members (excludes halogenated alkanes) is 24. The first-order valence-corrected chi connectivity index (χ1v) is 24.3. The minimum Gasteiger partial charge on any atom is -0.394 e. The number of hydrogen-bond acceptors (Lipinski definition) is 10. The summed E-state index contributed by atoms with van der Waals surface area (Å²) >= 11 is 0. The molecule has 0 unspecified atom stereocenters. The fraction of sp³-hybridized carbons (Fsp3) is 0.957. The number of nitrogens with one attached hydrogen (secondary N) is 2. The van der Waals surface area contributed by atoms with Gasteiger partial charge in [0.15, 0.2) is 6.29 Å². The third-order valence-electron chi connectivity index (χ3n) is 12.0. The molecule has 0 aromatic carbocycles. The molecule has 0 bridgehead atoms. The third-order valence-corrected chi connectivity index (χ3v) is 12.0. The molecule has 8 N–H and O–H groups in total. The van der Waals surface area contributed by atoms with E-state index in [1.165, 1.54) is 129 Å². The van der Waals surface area contributed by atoms with Crippen molar-refractivity contribution in [3.05, 3.63) is 0 Å². The monoisotopic (exact) mass is 845 g/mol. The summed E-state index contributed by atoms with van der Waals surface area (Å²) in [7, 11) is 0. The molecule has 59 heavy (non-hydrogen) atoms. The Hall–Kier alpha value is -1.38. The Morgan fingerprint density at radius 3 is 1.47 bits per heavy atom. The molecule has 1 aliphatic rings. The molecular formula is C47H92N2O10. The van der Waals surface area contributed by atoms with Crippen LogP contribution in [0.15, 0.2) is 0 Å². The summed E-state index contributed by atoms with van der Waals surface area (Å²) < 4.78 is 11.5. The van der Waals surface area contributed by atoms with E-state index in [2.05, 4.69) is 31.4 Å². The van der Waals surface area contributed by atoms with Crippen LogP contribution in [0, 0.1) is 5.92 Å². The van der Waals surface area contributed by atoms with Crippen LogP contribution in [0.25, 0.3) is 0 Å². The molecule has 9 atom stereocenters. The van der Waals surface area contributed by atoms with Crippen molar-refractivity contribution in [3.63, 3.8) is 0 Å². The van der Waals surface area contributed by atoms with Crippen molar-refractivity contribution in [3.8, 4) is 0 Å². The summed E-state index contributed by atoms with van der Waals surface area (Å²) in [4.78, 5) is 25.1. The Morgan fingerprint density at radius 1 is 0.627 bits per heavy atom. The summed E-state index contributed by atoms with van der Waals surface area (Å²) in [5.41, 5.74) is 0. The fourth-order valence-corrected chi connectivity index (χ4v) is 8.09. The van der Waals surface area contributed by atoms with Crippen molar-refractivity contribution in [2.75, 3.05) is 13.2 Å². The molecule has 1 aliphatic heterocycles. The van der Waals surface area contributed by atoms with E-state index in [1.807, 2.05) is 0 Å². The van der Waals surface area contributed by atoms with Gasteiger partial charge in [-0.15, -0.1) is 0 Å². The van der Waals surface area contributed by atoms with Crippen molar-refractivity contribution in [1.29, 1.82) is 0 Å². The topological polar surface area (TPSA) is 198 Å². The molecule has 1 rings (SSSR count). The van der Waals surface area contributed by atoms with Crippen LogP contribution in [0.4, 0.5) is 0 Å². The highest BCUT2D eigenvalue weighted by Gasteiger charge is 2.46. The molecule has 1 heterocycles. The van der Waals surface area contributed by atoms with E-state index in [0.29, 0.717) is 19.3 Å². The van der Waals surface area contributed by atoms with Gasteiger partial charge in [-0.05, 0) is 18.8 Å². The molecule has 0 aromatic rings. The number of amides is 2. The van der Waals surface area contributed by atoms with Crippen LogP contribution in [0.5, 0.6) is 0 Å². The van der Waals surface area contributed by atoms with E-state index < -0.39 is 80.0 Å². The maximum absolute atomic E-state index is 13.2. The lowest BCUT2D eigenvalue weighted by molar-refractivity contribution is -0.272. The number of carbonyl (C=O) groups is 2. The third kappa shape index (κ3) is 27.3. The van der Waals surface area contributed by atoms with Crippen LogP contribution in [0.1, 0.15) is 214 Å². The summed E-state index contributed by atoms with van der Waals surface area (Å²) in [6.07, 6.45) is 23.5. The zero-order valence-corrected chi connectivity index (χ0v) is 38.0. The Balaban J connectivity index is 2.52. The largest absolute Gasteiger partial charge is 0.394 e. The lowest BCUT2D eigenvalue weighted by Crippen LogP contribution is -2.65. The normalized spacial score (nSPS) is 21.6. The average Bonchev–Trinajstić information content (AvgIpc) is 3.21. The van der Waals surface area contributed by atoms with Crippen molar-refractivity contribution in [2.45, 2.75) is 269 Å². The van der Waals surface area contributed by atoms with Gasteiger partial charge < -0.3 is 50.7 Å². The fourth-order valence-electron chi connectivity index (χ4n) is 8.09. The summed E-state index contributed by atoms with van der Waals surface area (Å²) in [5, 5.41) is 68.9. The Kier molecular flexibility index (Phi) is 34.1. The first kappa shape index (κ1) is 55.6. The smallest absolute Gasteiger partial charge is 0.249 e. The molecule has 0 saturated carbocycles. The highest BCUT2D eigenvalue weighted by molar-refractivity contribution is 5.80. The van der Waals surface area contributed by atoms with Crippen LogP contribution in [0.3, 0.4) is 0 Å². The molecule has 0 aliphatic carbocycles. The predicted octanol–water partition coefficient (Wildman–Crippen LogP) is 7.50.